The maximum absolute atomic E-state index is 12.8. The van der Waals surface area contributed by atoms with Crippen molar-refractivity contribution in [3.63, 3.8) is 0 Å². The fourth-order valence-corrected chi connectivity index (χ4v) is 8.34. The summed E-state index contributed by atoms with van der Waals surface area (Å²) in [6, 6.07) is 0. The molecule has 362 valence electrons. The van der Waals surface area contributed by atoms with Gasteiger partial charge in [-0.25, -0.2) is 0 Å². The fraction of sp³-hybridized carbons (Fsp3) is 0.945. The summed E-state index contributed by atoms with van der Waals surface area (Å²) in [5, 5.41) is 0. The number of carbonyl (C=O) groups excluding carboxylic acids is 3. The highest BCUT2D eigenvalue weighted by molar-refractivity contribution is 5.71. The molecule has 0 aromatic rings. The Kier molecular flexibility index (Phi) is 46.6. The van der Waals surface area contributed by atoms with Crippen LogP contribution in [0.3, 0.4) is 0 Å². The van der Waals surface area contributed by atoms with Crippen molar-refractivity contribution in [1.29, 1.82) is 0 Å². The molecule has 0 aliphatic rings. The molecule has 6 nitrogen and oxygen atoms in total. The number of esters is 3. The second kappa shape index (κ2) is 47.9. The van der Waals surface area contributed by atoms with Crippen LogP contribution in [-0.2, 0) is 28.6 Å². The quantitative estimate of drug-likeness (QED) is 0.0344. The number of hydrogen-bond acceptors (Lipinski definition) is 6. The summed E-state index contributed by atoms with van der Waals surface area (Å²) < 4.78 is 16.8. The first kappa shape index (κ1) is 59.4. The normalized spacial score (nSPS) is 12.0. The van der Waals surface area contributed by atoms with Gasteiger partial charge in [-0.3, -0.25) is 14.4 Å². The van der Waals surface area contributed by atoms with E-state index in [1.165, 1.54) is 193 Å². The molecule has 0 unspecified atom stereocenters. The van der Waals surface area contributed by atoms with E-state index in [1.807, 2.05) is 0 Å². The first-order chi connectivity index (χ1) is 29.7. The van der Waals surface area contributed by atoms with E-state index >= 15 is 0 Å². The highest BCUT2D eigenvalue weighted by Gasteiger charge is 2.19. The molecule has 0 fully saturated rings. The van der Waals surface area contributed by atoms with E-state index in [1.54, 1.807) is 0 Å². The predicted octanol–water partition coefficient (Wildman–Crippen LogP) is 17.7. The Balaban J connectivity index is 4.26. The summed E-state index contributed by atoms with van der Waals surface area (Å²) in [6.07, 6.45) is 49.6. The van der Waals surface area contributed by atoms with Gasteiger partial charge in [-0.2, -0.15) is 0 Å². The topological polar surface area (TPSA) is 78.9 Å². The molecule has 0 radical (unpaired) electrons. The number of carbonyl (C=O) groups is 3. The number of rotatable bonds is 49. The predicted molar refractivity (Wildman–Crippen MR) is 261 cm³/mol. The van der Waals surface area contributed by atoms with Gasteiger partial charge in [0.25, 0.3) is 0 Å². The summed E-state index contributed by atoms with van der Waals surface area (Å²) in [4.78, 5) is 38.0. The molecule has 0 saturated carbocycles. The Morgan fingerprint density at radius 2 is 0.541 bits per heavy atom. The van der Waals surface area contributed by atoms with Gasteiger partial charge in [0.1, 0.15) is 13.2 Å². The molecule has 0 bridgehead atoms. The van der Waals surface area contributed by atoms with Crippen LogP contribution in [0.5, 0.6) is 0 Å². The van der Waals surface area contributed by atoms with E-state index in [0.717, 1.165) is 69.6 Å². The van der Waals surface area contributed by atoms with Crippen molar-refractivity contribution in [2.75, 3.05) is 13.2 Å². The average Bonchev–Trinajstić information content (AvgIpc) is 3.23. The van der Waals surface area contributed by atoms with Crippen LogP contribution in [0.4, 0.5) is 0 Å². The first-order valence-electron chi connectivity index (χ1n) is 27.2. The van der Waals surface area contributed by atoms with Gasteiger partial charge in [0, 0.05) is 19.3 Å². The molecule has 0 aromatic carbocycles. The van der Waals surface area contributed by atoms with Gasteiger partial charge in [-0.1, -0.05) is 266 Å². The summed E-state index contributed by atoms with van der Waals surface area (Å²) in [5.41, 5.74) is 0. The molecule has 0 spiro atoms. The number of unbranched alkanes of at least 4 members (excludes halogenated alkanes) is 34. The second-order valence-corrected chi connectivity index (χ2v) is 19.8. The Morgan fingerprint density at radius 3 is 0.803 bits per heavy atom. The minimum absolute atomic E-state index is 0.0640. The second-order valence-electron chi connectivity index (χ2n) is 19.8. The molecule has 0 aliphatic carbocycles. The smallest absolute Gasteiger partial charge is 0.306 e. The summed E-state index contributed by atoms with van der Waals surface area (Å²) in [6.45, 7) is 11.3. The lowest BCUT2D eigenvalue weighted by atomic mass is 10.0. The Bertz CT molecular complexity index is 931. The lowest BCUT2D eigenvalue weighted by molar-refractivity contribution is -0.167. The molecule has 0 amide bonds. The Morgan fingerprint density at radius 1 is 0.311 bits per heavy atom. The van der Waals surface area contributed by atoms with Crippen LogP contribution < -0.4 is 0 Å². The SMILES string of the molecule is CCCCCCCCCCCCCCCCCCCCC(=O)O[C@H](COC(=O)CCCCCCCCCCCCCCC(C)C)COC(=O)CCCCCCCCCC(C)C. The van der Waals surface area contributed by atoms with E-state index < -0.39 is 6.10 Å². The average molecular weight is 863 g/mol. The molecule has 6 heteroatoms. The zero-order valence-electron chi connectivity index (χ0n) is 41.8. The van der Waals surface area contributed by atoms with Crippen molar-refractivity contribution >= 4 is 17.9 Å². The summed E-state index contributed by atoms with van der Waals surface area (Å²) in [7, 11) is 0. The molecule has 0 aromatic heterocycles. The lowest BCUT2D eigenvalue weighted by Crippen LogP contribution is -2.30. The number of ether oxygens (including phenoxy) is 3. The van der Waals surface area contributed by atoms with Crippen LogP contribution in [0.15, 0.2) is 0 Å². The van der Waals surface area contributed by atoms with Crippen molar-refractivity contribution < 1.29 is 28.6 Å². The van der Waals surface area contributed by atoms with Gasteiger partial charge in [-0.15, -0.1) is 0 Å². The lowest BCUT2D eigenvalue weighted by Gasteiger charge is -2.18. The van der Waals surface area contributed by atoms with E-state index in [4.69, 9.17) is 14.2 Å². The summed E-state index contributed by atoms with van der Waals surface area (Å²) >= 11 is 0. The van der Waals surface area contributed by atoms with Gasteiger partial charge in [0.15, 0.2) is 6.10 Å². The molecule has 0 aliphatic heterocycles. The zero-order valence-corrected chi connectivity index (χ0v) is 41.8. The van der Waals surface area contributed by atoms with Gasteiger partial charge < -0.3 is 14.2 Å². The van der Waals surface area contributed by atoms with Crippen LogP contribution in [0, 0.1) is 11.8 Å². The van der Waals surface area contributed by atoms with Gasteiger partial charge in [0.2, 0.25) is 0 Å². The van der Waals surface area contributed by atoms with Crippen LogP contribution in [0.25, 0.3) is 0 Å². The van der Waals surface area contributed by atoms with E-state index in [-0.39, 0.29) is 31.1 Å². The minimum atomic E-state index is -0.762. The largest absolute Gasteiger partial charge is 0.462 e. The Labute approximate surface area is 380 Å². The third-order valence-electron chi connectivity index (χ3n) is 12.5. The van der Waals surface area contributed by atoms with Crippen LogP contribution in [-0.4, -0.2) is 37.2 Å². The third-order valence-corrected chi connectivity index (χ3v) is 12.5. The van der Waals surface area contributed by atoms with Crippen molar-refractivity contribution in [3.8, 4) is 0 Å². The van der Waals surface area contributed by atoms with Crippen molar-refractivity contribution in [2.45, 2.75) is 310 Å². The maximum atomic E-state index is 12.8. The Hall–Kier alpha value is -1.59. The fourth-order valence-electron chi connectivity index (χ4n) is 8.34. The van der Waals surface area contributed by atoms with Gasteiger partial charge >= 0.3 is 17.9 Å². The monoisotopic (exact) mass is 863 g/mol. The van der Waals surface area contributed by atoms with Crippen LogP contribution in [0.1, 0.15) is 304 Å². The zero-order chi connectivity index (χ0) is 44.7. The minimum Gasteiger partial charge on any atom is -0.462 e. The molecule has 0 heterocycles. The highest BCUT2D eigenvalue weighted by atomic mass is 16.6. The van der Waals surface area contributed by atoms with Crippen molar-refractivity contribution in [2.24, 2.45) is 11.8 Å². The highest BCUT2D eigenvalue weighted by Crippen LogP contribution is 2.18. The molecular formula is C55H106O6. The number of hydrogen-bond donors (Lipinski definition) is 0. The van der Waals surface area contributed by atoms with Crippen molar-refractivity contribution in [3.05, 3.63) is 0 Å². The summed E-state index contributed by atoms with van der Waals surface area (Å²) in [5.74, 6) is 0.767. The molecule has 0 N–H and O–H groups in total. The van der Waals surface area contributed by atoms with Crippen molar-refractivity contribution in [1.82, 2.24) is 0 Å². The molecule has 0 saturated heterocycles. The van der Waals surface area contributed by atoms with Gasteiger partial charge in [0.05, 0.1) is 0 Å². The first-order valence-corrected chi connectivity index (χ1v) is 27.2. The van der Waals surface area contributed by atoms with Crippen LogP contribution >= 0.6 is 0 Å². The van der Waals surface area contributed by atoms with Crippen LogP contribution in [0.2, 0.25) is 0 Å². The molecule has 1 atom stereocenters. The molecule has 61 heavy (non-hydrogen) atoms. The van der Waals surface area contributed by atoms with E-state index in [2.05, 4.69) is 34.6 Å². The maximum Gasteiger partial charge on any atom is 0.306 e. The van der Waals surface area contributed by atoms with E-state index in [0.29, 0.717) is 19.3 Å². The standard InChI is InChI=1S/C55H106O6/c1-6-7-8-9-10-11-12-13-14-15-16-17-18-23-26-31-37-42-47-55(58)61-52(49-60-54(57)46-41-36-32-27-29-34-39-44-51(4)5)48-59-53(56)45-40-35-30-25-22-20-19-21-24-28-33-38-43-50(2)3/h50-52H,6-49H2,1-5H3/t52-/m1/s1. The van der Waals surface area contributed by atoms with Gasteiger partial charge in [-0.05, 0) is 31.1 Å². The van der Waals surface area contributed by atoms with E-state index in [9.17, 15) is 14.4 Å². The molecule has 0 rings (SSSR count). The third kappa shape index (κ3) is 49.3. The molecular weight excluding hydrogens is 757 g/mol.